The first-order chi connectivity index (χ1) is 10.2. The second kappa shape index (κ2) is 7.41. The summed E-state index contributed by atoms with van der Waals surface area (Å²) in [5, 5.41) is 0. The second-order valence-corrected chi connectivity index (χ2v) is 4.90. The van der Waals surface area contributed by atoms with Crippen LogP contribution in [0.3, 0.4) is 0 Å². The number of carbonyl (C=O) groups excluding carboxylic acids is 1. The van der Waals surface area contributed by atoms with Gasteiger partial charge in [0.1, 0.15) is 0 Å². The van der Waals surface area contributed by atoms with Gasteiger partial charge in [-0.25, -0.2) is 5.43 Å². The smallest absolute Gasteiger partial charge is 0.265 e. The molecule has 3 nitrogen and oxygen atoms in total. The third-order valence-electron chi connectivity index (χ3n) is 3.36. The van der Waals surface area contributed by atoms with Crippen molar-refractivity contribution in [3.05, 3.63) is 83.9 Å². The van der Waals surface area contributed by atoms with Crippen LogP contribution < -0.4 is 10.9 Å². The quantitative estimate of drug-likeness (QED) is 0.627. The second-order valence-electron chi connectivity index (χ2n) is 4.90. The first-order valence-electron chi connectivity index (χ1n) is 6.99. The molecule has 1 atom stereocenters. The maximum absolute atomic E-state index is 12.1. The van der Waals surface area contributed by atoms with E-state index in [2.05, 4.69) is 36.5 Å². The molecule has 0 aliphatic rings. The molecule has 0 fully saturated rings. The maximum Gasteiger partial charge on any atom is 0.265 e. The van der Waals surface area contributed by atoms with Crippen LogP contribution in [0.15, 0.2) is 67.3 Å². The standard InChI is InChI=1S/C18H20N2O/c1-3-9-17(16-13-8-7-10-14(16)2)19-20-18(21)15-11-5-4-6-12-15/h3-8,10-13,17,19H,1,9H2,2H3,(H,20,21)/t17-/m0/s1. The van der Waals surface area contributed by atoms with Gasteiger partial charge in [-0.2, -0.15) is 0 Å². The summed E-state index contributed by atoms with van der Waals surface area (Å²) in [7, 11) is 0. The van der Waals surface area contributed by atoms with Gasteiger partial charge in [0.15, 0.2) is 0 Å². The molecule has 3 heteroatoms. The normalized spacial score (nSPS) is 11.7. The van der Waals surface area contributed by atoms with Gasteiger partial charge < -0.3 is 0 Å². The van der Waals surface area contributed by atoms with E-state index < -0.39 is 0 Å². The number of carbonyl (C=O) groups is 1. The number of aryl methyl sites for hydroxylation is 1. The van der Waals surface area contributed by atoms with Gasteiger partial charge in [-0.05, 0) is 36.6 Å². The van der Waals surface area contributed by atoms with E-state index in [0.717, 1.165) is 12.0 Å². The Morgan fingerprint density at radius 1 is 1.14 bits per heavy atom. The van der Waals surface area contributed by atoms with E-state index in [1.165, 1.54) is 5.56 Å². The van der Waals surface area contributed by atoms with Gasteiger partial charge in [0.25, 0.3) is 5.91 Å². The minimum atomic E-state index is -0.141. The molecule has 0 aliphatic heterocycles. The first kappa shape index (κ1) is 15.0. The van der Waals surface area contributed by atoms with Crippen LogP contribution in [-0.4, -0.2) is 5.91 Å². The molecule has 0 radical (unpaired) electrons. The van der Waals surface area contributed by atoms with Crippen molar-refractivity contribution in [3.63, 3.8) is 0 Å². The molecule has 0 saturated carbocycles. The molecule has 2 N–H and O–H groups in total. The molecule has 0 unspecified atom stereocenters. The van der Waals surface area contributed by atoms with Crippen molar-refractivity contribution in [1.29, 1.82) is 0 Å². The molecule has 0 heterocycles. The number of hydrazine groups is 1. The van der Waals surface area contributed by atoms with Gasteiger partial charge >= 0.3 is 0 Å². The fourth-order valence-electron chi connectivity index (χ4n) is 2.22. The van der Waals surface area contributed by atoms with E-state index in [9.17, 15) is 4.79 Å². The lowest BCUT2D eigenvalue weighted by Crippen LogP contribution is -2.40. The zero-order valence-electron chi connectivity index (χ0n) is 12.2. The number of amides is 1. The Balaban J connectivity index is 2.06. The fraction of sp³-hybridized carbons (Fsp3) is 0.167. The van der Waals surface area contributed by atoms with Crippen LogP contribution >= 0.6 is 0 Å². The number of hydrogen-bond acceptors (Lipinski definition) is 2. The fourth-order valence-corrected chi connectivity index (χ4v) is 2.22. The van der Waals surface area contributed by atoms with Gasteiger partial charge in [-0.3, -0.25) is 10.2 Å². The Hall–Kier alpha value is -2.39. The van der Waals surface area contributed by atoms with Gasteiger partial charge in [0, 0.05) is 5.56 Å². The SMILES string of the molecule is C=CC[C@H](NNC(=O)c1ccccc1)c1ccccc1C. The van der Waals surface area contributed by atoms with E-state index in [-0.39, 0.29) is 11.9 Å². The van der Waals surface area contributed by atoms with Crippen molar-refractivity contribution in [1.82, 2.24) is 10.9 Å². The number of rotatable bonds is 6. The minimum absolute atomic E-state index is 0.0105. The highest BCUT2D eigenvalue weighted by Gasteiger charge is 2.13. The van der Waals surface area contributed by atoms with Crippen LogP contribution in [0, 0.1) is 6.92 Å². The summed E-state index contributed by atoms with van der Waals surface area (Å²) >= 11 is 0. The summed E-state index contributed by atoms with van der Waals surface area (Å²) in [4.78, 5) is 12.1. The van der Waals surface area contributed by atoms with E-state index in [0.29, 0.717) is 5.56 Å². The highest BCUT2D eigenvalue weighted by Crippen LogP contribution is 2.20. The minimum Gasteiger partial charge on any atom is -0.287 e. The predicted molar refractivity (Wildman–Crippen MR) is 85.8 cm³/mol. The summed E-state index contributed by atoms with van der Waals surface area (Å²) in [5.41, 5.74) is 8.85. The molecule has 2 rings (SSSR count). The summed E-state index contributed by atoms with van der Waals surface area (Å²) < 4.78 is 0. The summed E-state index contributed by atoms with van der Waals surface area (Å²) in [6.07, 6.45) is 2.58. The average Bonchev–Trinajstić information content (AvgIpc) is 2.53. The van der Waals surface area contributed by atoms with E-state index in [1.807, 2.05) is 36.4 Å². The molecule has 0 spiro atoms. The van der Waals surface area contributed by atoms with Gasteiger partial charge in [0.2, 0.25) is 0 Å². The average molecular weight is 280 g/mol. The van der Waals surface area contributed by atoms with Crippen molar-refractivity contribution in [2.24, 2.45) is 0 Å². The van der Waals surface area contributed by atoms with Gasteiger partial charge in [0.05, 0.1) is 6.04 Å². The van der Waals surface area contributed by atoms with Crippen molar-refractivity contribution in [3.8, 4) is 0 Å². The van der Waals surface area contributed by atoms with Crippen LogP contribution in [0.5, 0.6) is 0 Å². The summed E-state index contributed by atoms with van der Waals surface area (Å²) in [6, 6.07) is 17.3. The highest BCUT2D eigenvalue weighted by atomic mass is 16.2. The molecule has 0 bridgehead atoms. The topological polar surface area (TPSA) is 41.1 Å². The highest BCUT2D eigenvalue weighted by molar-refractivity contribution is 5.93. The Morgan fingerprint density at radius 3 is 2.48 bits per heavy atom. The zero-order valence-corrected chi connectivity index (χ0v) is 12.2. The van der Waals surface area contributed by atoms with Crippen molar-refractivity contribution >= 4 is 5.91 Å². The molecule has 0 aliphatic carbocycles. The third kappa shape index (κ3) is 4.04. The molecule has 1 amide bonds. The van der Waals surface area contributed by atoms with Crippen molar-refractivity contribution < 1.29 is 4.79 Å². The van der Waals surface area contributed by atoms with Crippen molar-refractivity contribution in [2.45, 2.75) is 19.4 Å². The van der Waals surface area contributed by atoms with E-state index >= 15 is 0 Å². The molecule has 2 aromatic carbocycles. The summed E-state index contributed by atoms with van der Waals surface area (Å²) in [6.45, 7) is 5.85. The molecule has 0 aromatic heterocycles. The largest absolute Gasteiger partial charge is 0.287 e. The first-order valence-corrected chi connectivity index (χ1v) is 6.99. The number of hydrogen-bond donors (Lipinski definition) is 2. The lowest BCUT2D eigenvalue weighted by Gasteiger charge is -2.20. The monoisotopic (exact) mass is 280 g/mol. The molecule has 108 valence electrons. The van der Waals surface area contributed by atoms with E-state index in [4.69, 9.17) is 0 Å². The lowest BCUT2D eigenvalue weighted by atomic mass is 9.99. The van der Waals surface area contributed by atoms with Gasteiger partial charge in [-0.15, -0.1) is 6.58 Å². The Bertz CT molecular complexity index is 608. The Kier molecular flexibility index (Phi) is 5.29. The molecule has 21 heavy (non-hydrogen) atoms. The van der Waals surface area contributed by atoms with E-state index in [1.54, 1.807) is 12.1 Å². The third-order valence-corrected chi connectivity index (χ3v) is 3.36. The summed E-state index contributed by atoms with van der Waals surface area (Å²) in [5.74, 6) is -0.141. The molecular weight excluding hydrogens is 260 g/mol. The van der Waals surface area contributed by atoms with Crippen LogP contribution in [0.2, 0.25) is 0 Å². The number of benzene rings is 2. The van der Waals surface area contributed by atoms with Crippen LogP contribution in [-0.2, 0) is 0 Å². The van der Waals surface area contributed by atoms with Crippen LogP contribution in [0.25, 0.3) is 0 Å². The Morgan fingerprint density at radius 2 is 1.81 bits per heavy atom. The van der Waals surface area contributed by atoms with Crippen LogP contribution in [0.1, 0.15) is 33.9 Å². The maximum atomic E-state index is 12.1. The molecule has 2 aromatic rings. The predicted octanol–water partition coefficient (Wildman–Crippen LogP) is 3.55. The molecule has 0 saturated heterocycles. The lowest BCUT2D eigenvalue weighted by molar-refractivity contribution is 0.0925. The number of nitrogens with one attached hydrogen (secondary N) is 2. The van der Waals surface area contributed by atoms with Crippen LogP contribution in [0.4, 0.5) is 0 Å². The Labute approximate surface area is 125 Å². The van der Waals surface area contributed by atoms with Crippen molar-refractivity contribution in [2.75, 3.05) is 0 Å². The zero-order chi connectivity index (χ0) is 15.1. The molecular formula is C18H20N2O. The van der Waals surface area contributed by atoms with Gasteiger partial charge in [-0.1, -0.05) is 48.5 Å².